The van der Waals surface area contributed by atoms with E-state index in [2.05, 4.69) is 42.4 Å². The second-order valence-electron chi connectivity index (χ2n) is 7.19. The highest BCUT2D eigenvalue weighted by atomic mass is 15.3. The SMILES string of the molecule is CN1CCN(CCNc2cc(-c3ccncc3)nc(NC3CC3)n2)CC1. The van der Waals surface area contributed by atoms with Gasteiger partial charge in [0, 0.05) is 69.3 Å². The Hall–Kier alpha value is -2.25. The second kappa shape index (κ2) is 7.97. The molecule has 2 aliphatic rings. The summed E-state index contributed by atoms with van der Waals surface area (Å²) < 4.78 is 0. The Labute approximate surface area is 154 Å². The number of rotatable bonds is 7. The zero-order chi connectivity index (χ0) is 17.8. The van der Waals surface area contributed by atoms with Crippen LogP contribution in [0.4, 0.5) is 11.8 Å². The smallest absolute Gasteiger partial charge is 0.225 e. The summed E-state index contributed by atoms with van der Waals surface area (Å²) in [4.78, 5) is 18.3. The second-order valence-corrected chi connectivity index (χ2v) is 7.19. The number of nitrogens with zero attached hydrogens (tertiary/aromatic N) is 5. The van der Waals surface area contributed by atoms with Crippen LogP contribution in [0, 0.1) is 0 Å². The van der Waals surface area contributed by atoms with Gasteiger partial charge in [0.1, 0.15) is 5.82 Å². The van der Waals surface area contributed by atoms with Gasteiger partial charge in [-0.3, -0.25) is 9.88 Å². The molecule has 0 unspecified atom stereocenters. The van der Waals surface area contributed by atoms with Crippen molar-refractivity contribution in [3.05, 3.63) is 30.6 Å². The van der Waals surface area contributed by atoms with Crippen LogP contribution in [0.15, 0.2) is 30.6 Å². The van der Waals surface area contributed by atoms with Gasteiger partial charge in [-0.1, -0.05) is 0 Å². The van der Waals surface area contributed by atoms with E-state index in [1.807, 2.05) is 18.2 Å². The summed E-state index contributed by atoms with van der Waals surface area (Å²) >= 11 is 0. The highest BCUT2D eigenvalue weighted by Gasteiger charge is 2.22. The van der Waals surface area contributed by atoms with Gasteiger partial charge < -0.3 is 15.5 Å². The molecule has 0 amide bonds. The third-order valence-electron chi connectivity index (χ3n) is 4.94. The van der Waals surface area contributed by atoms with E-state index in [4.69, 9.17) is 0 Å². The van der Waals surface area contributed by atoms with E-state index in [1.165, 1.54) is 12.8 Å². The molecule has 0 aromatic carbocycles. The summed E-state index contributed by atoms with van der Waals surface area (Å²) in [7, 11) is 2.19. The molecule has 7 nitrogen and oxygen atoms in total. The van der Waals surface area contributed by atoms with Gasteiger partial charge in [-0.2, -0.15) is 4.98 Å². The van der Waals surface area contributed by atoms with Gasteiger partial charge in [-0.15, -0.1) is 0 Å². The van der Waals surface area contributed by atoms with Gasteiger partial charge in [0.05, 0.1) is 5.69 Å². The van der Waals surface area contributed by atoms with E-state index < -0.39 is 0 Å². The van der Waals surface area contributed by atoms with Crippen molar-refractivity contribution in [2.75, 3.05) is 56.9 Å². The maximum atomic E-state index is 4.68. The van der Waals surface area contributed by atoms with Gasteiger partial charge in [0.25, 0.3) is 0 Å². The van der Waals surface area contributed by atoms with Gasteiger partial charge in [0.15, 0.2) is 0 Å². The molecular formula is C19H27N7. The minimum Gasteiger partial charge on any atom is -0.369 e. The van der Waals surface area contributed by atoms with Crippen molar-refractivity contribution in [3.63, 3.8) is 0 Å². The molecule has 1 aliphatic heterocycles. The van der Waals surface area contributed by atoms with Crippen molar-refractivity contribution in [2.45, 2.75) is 18.9 Å². The van der Waals surface area contributed by atoms with E-state index in [9.17, 15) is 0 Å². The van der Waals surface area contributed by atoms with Crippen LogP contribution in [0.2, 0.25) is 0 Å². The topological polar surface area (TPSA) is 69.2 Å². The first-order valence-corrected chi connectivity index (χ1v) is 9.47. The molecule has 138 valence electrons. The normalized spacial score (nSPS) is 18.7. The predicted molar refractivity (Wildman–Crippen MR) is 104 cm³/mol. The molecule has 1 saturated heterocycles. The molecular weight excluding hydrogens is 326 g/mol. The van der Waals surface area contributed by atoms with Crippen molar-refractivity contribution in [3.8, 4) is 11.3 Å². The van der Waals surface area contributed by atoms with Crippen LogP contribution in [0.1, 0.15) is 12.8 Å². The van der Waals surface area contributed by atoms with Crippen LogP contribution >= 0.6 is 0 Å². The molecule has 3 heterocycles. The summed E-state index contributed by atoms with van der Waals surface area (Å²) in [6.07, 6.45) is 6.00. The summed E-state index contributed by atoms with van der Waals surface area (Å²) in [6.45, 7) is 6.49. The van der Waals surface area contributed by atoms with E-state index in [0.29, 0.717) is 12.0 Å². The number of anilines is 2. The Balaban J connectivity index is 1.42. The van der Waals surface area contributed by atoms with Gasteiger partial charge >= 0.3 is 0 Å². The van der Waals surface area contributed by atoms with Crippen molar-refractivity contribution < 1.29 is 0 Å². The third kappa shape index (κ3) is 4.68. The summed E-state index contributed by atoms with van der Waals surface area (Å²) in [5.74, 6) is 1.59. The fourth-order valence-corrected chi connectivity index (χ4v) is 3.10. The monoisotopic (exact) mass is 353 g/mol. The van der Waals surface area contributed by atoms with Crippen LogP contribution in [0.25, 0.3) is 11.3 Å². The Morgan fingerprint density at radius 2 is 1.85 bits per heavy atom. The van der Waals surface area contributed by atoms with Crippen molar-refractivity contribution >= 4 is 11.8 Å². The van der Waals surface area contributed by atoms with Crippen LogP contribution in [-0.4, -0.2) is 77.1 Å². The summed E-state index contributed by atoms with van der Waals surface area (Å²) in [6, 6.07) is 6.52. The number of likely N-dealkylation sites (N-methyl/N-ethyl adjacent to an activating group) is 1. The molecule has 0 radical (unpaired) electrons. The van der Waals surface area contributed by atoms with E-state index in [0.717, 1.165) is 56.3 Å². The maximum absolute atomic E-state index is 4.68. The van der Waals surface area contributed by atoms with Gasteiger partial charge in [-0.05, 0) is 32.0 Å². The molecule has 0 atom stereocenters. The summed E-state index contributed by atoms with van der Waals surface area (Å²) in [5.41, 5.74) is 1.98. The molecule has 2 aromatic rings. The van der Waals surface area contributed by atoms with Gasteiger partial charge in [0.2, 0.25) is 5.95 Å². The lowest BCUT2D eigenvalue weighted by Gasteiger charge is -2.32. The Bertz CT molecular complexity index is 709. The predicted octanol–water partition coefficient (Wildman–Crippen LogP) is 1.77. The van der Waals surface area contributed by atoms with E-state index in [-0.39, 0.29) is 0 Å². The largest absolute Gasteiger partial charge is 0.369 e. The quantitative estimate of drug-likeness (QED) is 0.786. The first-order chi connectivity index (χ1) is 12.8. The van der Waals surface area contributed by atoms with Crippen LogP contribution in [-0.2, 0) is 0 Å². The standard InChI is InChI=1S/C19H27N7/c1-25-10-12-26(13-11-25)9-8-21-18-14-17(15-4-6-20-7-5-15)23-19(24-18)22-16-2-3-16/h4-7,14,16H,2-3,8-13H2,1H3,(H2,21,22,23,24). The molecule has 0 spiro atoms. The van der Waals surface area contributed by atoms with Crippen molar-refractivity contribution in [2.24, 2.45) is 0 Å². The van der Waals surface area contributed by atoms with E-state index >= 15 is 0 Å². The van der Waals surface area contributed by atoms with Crippen LogP contribution in [0.5, 0.6) is 0 Å². The molecule has 1 saturated carbocycles. The average Bonchev–Trinajstić information content (AvgIpc) is 3.48. The summed E-state index contributed by atoms with van der Waals surface area (Å²) in [5, 5.41) is 6.90. The molecule has 2 N–H and O–H groups in total. The van der Waals surface area contributed by atoms with Crippen molar-refractivity contribution in [1.29, 1.82) is 0 Å². The van der Waals surface area contributed by atoms with Crippen molar-refractivity contribution in [1.82, 2.24) is 24.8 Å². The highest BCUT2D eigenvalue weighted by molar-refractivity contribution is 5.64. The molecule has 2 fully saturated rings. The number of piperazine rings is 1. The molecule has 26 heavy (non-hydrogen) atoms. The average molecular weight is 353 g/mol. The minimum atomic E-state index is 0.529. The number of pyridine rings is 1. The lowest BCUT2D eigenvalue weighted by atomic mass is 10.2. The third-order valence-corrected chi connectivity index (χ3v) is 4.94. The molecule has 1 aliphatic carbocycles. The first-order valence-electron chi connectivity index (χ1n) is 9.47. The van der Waals surface area contributed by atoms with Crippen LogP contribution < -0.4 is 10.6 Å². The van der Waals surface area contributed by atoms with E-state index in [1.54, 1.807) is 12.4 Å². The molecule has 4 rings (SSSR count). The molecule has 0 bridgehead atoms. The first kappa shape index (κ1) is 17.2. The zero-order valence-corrected chi connectivity index (χ0v) is 15.4. The van der Waals surface area contributed by atoms with Gasteiger partial charge in [-0.25, -0.2) is 4.98 Å². The maximum Gasteiger partial charge on any atom is 0.225 e. The number of aromatic nitrogens is 3. The molecule has 7 heteroatoms. The Morgan fingerprint density at radius 3 is 2.58 bits per heavy atom. The number of hydrogen-bond acceptors (Lipinski definition) is 7. The molecule has 2 aromatic heterocycles. The Morgan fingerprint density at radius 1 is 1.08 bits per heavy atom. The minimum absolute atomic E-state index is 0.529. The fraction of sp³-hybridized carbons (Fsp3) is 0.526. The highest BCUT2D eigenvalue weighted by Crippen LogP contribution is 2.26. The van der Waals surface area contributed by atoms with Crippen LogP contribution in [0.3, 0.4) is 0 Å². The lowest BCUT2D eigenvalue weighted by molar-refractivity contribution is 0.158. The fourth-order valence-electron chi connectivity index (χ4n) is 3.10. The number of hydrogen-bond donors (Lipinski definition) is 2. The lowest BCUT2D eigenvalue weighted by Crippen LogP contribution is -2.45. The zero-order valence-electron chi connectivity index (χ0n) is 15.4. The Kier molecular flexibility index (Phi) is 5.26. The number of nitrogens with one attached hydrogen (secondary N) is 2.